The Labute approximate surface area is 108 Å². The van der Waals surface area contributed by atoms with E-state index in [0.717, 1.165) is 30.7 Å². The van der Waals surface area contributed by atoms with Crippen LogP contribution in [-0.4, -0.2) is 12.5 Å². The van der Waals surface area contributed by atoms with Gasteiger partial charge in [0, 0.05) is 11.6 Å². The molecule has 0 aliphatic heterocycles. The maximum atomic E-state index is 12.0. The van der Waals surface area contributed by atoms with Crippen molar-refractivity contribution in [2.45, 2.75) is 26.2 Å². The number of benzene rings is 1. The summed E-state index contributed by atoms with van der Waals surface area (Å²) in [5, 5.41) is 2.95. The third-order valence-electron chi connectivity index (χ3n) is 3.07. The molecule has 0 heterocycles. The van der Waals surface area contributed by atoms with Crippen LogP contribution in [0.3, 0.4) is 0 Å². The number of anilines is 1. The molecule has 1 aromatic rings. The molecule has 0 bridgehead atoms. The van der Waals surface area contributed by atoms with Gasteiger partial charge in [0.05, 0.1) is 6.61 Å². The Kier molecular flexibility index (Phi) is 4.40. The van der Waals surface area contributed by atoms with Crippen molar-refractivity contribution in [1.82, 2.24) is 0 Å². The van der Waals surface area contributed by atoms with Gasteiger partial charge in [-0.1, -0.05) is 12.2 Å². The highest BCUT2D eigenvalue weighted by Crippen LogP contribution is 2.21. The predicted molar refractivity (Wildman–Crippen MR) is 72.7 cm³/mol. The van der Waals surface area contributed by atoms with Gasteiger partial charge in [-0.25, -0.2) is 0 Å². The number of hydrogen-bond donors (Lipinski definition) is 1. The number of ether oxygens (including phenoxy) is 1. The number of nitrogens with one attached hydrogen (secondary N) is 1. The molecule has 1 aliphatic rings. The maximum Gasteiger partial charge on any atom is 0.227 e. The van der Waals surface area contributed by atoms with Crippen LogP contribution in [0.4, 0.5) is 5.69 Å². The summed E-state index contributed by atoms with van der Waals surface area (Å²) >= 11 is 0. The highest BCUT2D eigenvalue weighted by Gasteiger charge is 2.18. The molecule has 1 N–H and O–H groups in total. The van der Waals surface area contributed by atoms with E-state index in [0.29, 0.717) is 6.61 Å². The molecule has 0 spiro atoms. The smallest absolute Gasteiger partial charge is 0.227 e. The molecule has 0 saturated heterocycles. The average molecular weight is 245 g/mol. The highest BCUT2D eigenvalue weighted by atomic mass is 16.5. The zero-order chi connectivity index (χ0) is 12.8. The monoisotopic (exact) mass is 245 g/mol. The summed E-state index contributed by atoms with van der Waals surface area (Å²) in [6.45, 7) is 2.60. The molecule has 1 atom stereocenters. The summed E-state index contributed by atoms with van der Waals surface area (Å²) in [4.78, 5) is 12.0. The van der Waals surface area contributed by atoms with Crippen LogP contribution in [0.25, 0.3) is 0 Å². The van der Waals surface area contributed by atoms with Crippen molar-refractivity contribution in [3.8, 4) is 5.75 Å². The van der Waals surface area contributed by atoms with E-state index in [2.05, 4.69) is 17.5 Å². The fraction of sp³-hybridized carbons (Fsp3) is 0.400. The molecule has 1 amide bonds. The van der Waals surface area contributed by atoms with E-state index in [9.17, 15) is 4.79 Å². The minimum absolute atomic E-state index is 0.113. The lowest BCUT2D eigenvalue weighted by Gasteiger charge is -2.17. The van der Waals surface area contributed by atoms with Gasteiger partial charge >= 0.3 is 0 Å². The quantitative estimate of drug-likeness (QED) is 0.826. The minimum Gasteiger partial charge on any atom is -0.494 e. The third-order valence-corrected chi connectivity index (χ3v) is 3.07. The van der Waals surface area contributed by atoms with Crippen molar-refractivity contribution >= 4 is 11.6 Å². The van der Waals surface area contributed by atoms with Crippen molar-refractivity contribution in [3.05, 3.63) is 36.4 Å². The van der Waals surface area contributed by atoms with Crippen molar-refractivity contribution in [3.63, 3.8) is 0 Å². The second kappa shape index (κ2) is 6.24. The summed E-state index contributed by atoms with van der Waals surface area (Å²) in [5.74, 6) is 1.06. The molecule has 18 heavy (non-hydrogen) atoms. The van der Waals surface area contributed by atoms with Crippen molar-refractivity contribution in [2.75, 3.05) is 11.9 Å². The van der Waals surface area contributed by atoms with Gasteiger partial charge in [-0.15, -0.1) is 0 Å². The second-order valence-corrected chi connectivity index (χ2v) is 4.43. The lowest BCUT2D eigenvalue weighted by Crippen LogP contribution is -2.23. The number of hydrogen-bond acceptors (Lipinski definition) is 2. The van der Waals surface area contributed by atoms with Gasteiger partial charge in [-0.2, -0.15) is 0 Å². The lowest BCUT2D eigenvalue weighted by atomic mass is 9.93. The van der Waals surface area contributed by atoms with Gasteiger partial charge < -0.3 is 10.1 Å². The second-order valence-electron chi connectivity index (χ2n) is 4.43. The van der Waals surface area contributed by atoms with Crippen LogP contribution in [0, 0.1) is 5.92 Å². The normalized spacial score (nSPS) is 18.4. The van der Waals surface area contributed by atoms with Crippen LogP contribution < -0.4 is 10.1 Å². The molecule has 0 radical (unpaired) electrons. The number of rotatable bonds is 4. The summed E-state index contributed by atoms with van der Waals surface area (Å²) in [6, 6.07) is 7.50. The van der Waals surface area contributed by atoms with Crippen molar-refractivity contribution in [1.29, 1.82) is 0 Å². The van der Waals surface area contributed by atoms with Crippen molar-refractivity contribution in [2.24, 2.45) is 5.92 Å². The van der Waals surface area contributed by atoms with Crippen LogP contribution in [0.5, 0.6) is 5.75 Å². The largest absolute Gasteiger partial charge is 0.494 e. The fourth-order valence-corrected chi connectivity index (χ4v) is 2.08. The van der Waals surface area contributed by atoms with E-state index >= 15 is 0 Å². The number of carbonyl (C=O) groups excluding carboxylic acids is 1. The molecule has 0 saturated carbocycles. The average Bonchev–Trinajstić information content (AvgIpc) is 2.42. The fourth-order valence-electron chi connectivity index (χ4n) is 2.08. The number of allylic oxidation sites excluding steroid dienone is 2. The summed E-state index contributed by atoms with van der Waals surface area (Å²) in [5.41, 5.74) is 0.831. The van der Waals surface area contributed by atoms with Gasteiger partial charge in [0.25, 0.3) is 0 Å². The minimum atomic E-state index is 0.113. The molecule has 0 aromatic heterocycles. The lowest BCUT2D eigenvalue weighted by molar-refractivity contribution is -0.120. The first-order valence-electron chi connectivity index (χ1n) is 6.48. The van der Waals surface area contributed by atoms with Gasteiger partial charge in [-0.05, 0) is 50.5 Å². The van der Waals surface area contributed by atoms with Crippen LogP contribution in [0.1, 0.15) is 26.2 Å². The Bertz CT molecular complexity index is 423. The van der Waals surface area contributed by atoms with E-state index < -0.39 is 0 Å². The van der Waals surface area contributed by atoms with Gasteiger partial charge in [0.15, 0.2) is 0 Å². The molecule has 96 valence electrons. The zero-order valence-electron chi connectivity index (χ0n) is 10.7. The summed E-state index contributed by atoms with van der Waals surface area (Å²) in [6.07, 6.45) is 7.02. The topological polar surface area (TPSA) is 38.3 Å². The Morgan fingerprint density at radius 2 is 2.11 bits per heavy atom. The van der Waals surface area contributed by atoms with Crippen LogP contribution in [0.2, 0.25) is 0 Å². The summed E-state index contributed by atoms with van der Waals surface area (Å²) in [7, 11) is 0. The molecular weight excluding hydrogens is 226 g/mol. The first kappa shape index (κ1) is 12.7. The Morgan fingerprint density at radius 3 is 2.72 bits per heavy atom. The van der Waals surface area contributed by atoms with Gasteiger partial charge in [0.1, 0.15) is 5.75 Å². The molecule has 0 fully saturated rings. The Hall–Kier alpha value is -1.77. The van der Waals surface area contributed by atoms with Crippen molar-refractivity contribution < 1.29 is 9.53 Å². The van der Waals surface area contributed by atoms with E-state index in [4.69, 9.17) is 4.74 Å². The highest BCUT2D eigenvalue weighted by molar-refractivity contribution is 5.92. The Morgan fingerprint density at radius 1 is 1.33 bits per heavy atom. The predicted octanol–water partition coefficient (Wildman–Crippen LogP) is 3.38. The van der Waals surface area contributed by atoms with E-state index in [1.165, 1.54) is 0 Å². The van der Waals surface area contributed by atoms with Gasteiger partial charge in [-0.3, -0.25) is 4.79 Å². The maximum absolute atomic E-state index is 12.0. The van der Waals surface area contributed by atoms with Crippen LogP contribution >= 0.6 is 0 Å². The molecular formula is C15H19NO2. The first-order valence-corrected chi connectivity index (χ1v) is 6.48. The standard InChI is InChI=1S/C15H19NO2/c1-2-18-14-10-8-13(9-11-14)16-15(17)12-6-4-3-5-7-12/h3-4,8-12H,2,5-7H2,1H3,(H,16,17). The SMILES string of the molecule is CCOc1ccc(NC(=O)C2CC=CCC2)cc1. The Balaban J connectivity index is 1.92. The molecule has 1 aliphatic carbocycles. The van der Waals surface area contributed by atoms with E-state index in [1.807, 2.05) is 31.2 Å². The zero-order valence-corrected chi connectivity index (χ0v) is 10.7. The van der Waals surface area contributed by atoms with E-state index in [-0.39, 0.29) is 11.8 Å². The molecule has 3 nitrogen and oxygen atoms in total. The number of amides is 1. The summed E-state index contributed by atoms with van der Waals surface area (Å²) < 4.78 is 5.36. The third kappa shape index (κ3) is 3.36. The molecule has 3 heteroatoms. The van der Waals surface area contributed by atoms with Gasteiger partial charge in [0.2, 0.25) is 5.91 Å². The molecule has 2 rings (SSSR count). The molecule has 1 unspecified atom stereocenters. The first-order chi connectivity index (χ1) is 8.79. The molecule has 1 aromatic carbocycles. The number of carbonyl (C=O) groups is 1. The van der Waals surface area contributed by atoms with Crippen LogP contribution in [0.15, 0.2) is 36.4 Å². The van der Waals surface area contributed by atoms with E-state index in [1.54, 1.807) is 0 Å². The van der Waals surface area contributed by atoms with Crippen LogP contribution in [-0.2, 0) is 4.79 Å².